The normalized spacial score (nSPS) is 18.5. The van der Waals surface area contributed by atoms with Crippen molar-refractivity contribution in [1.82, 2.24) is 15.5 Å². The predicted octanol–water partition coefficient (Wildman–Crippen LogP) is 1.77. The van der Waals surface area contributed by atoms with Crippen LogP contribution in [0.15, 0.2) is 24.3 Å². The number of hydrogen-bond acceptors (Lipinski definition) is 6. The summed E-state index contributed by atoms with van der Waals surface area (Å²) < 4.78 is 10.4. The molecule has 164 valence electrons. The fourth-order valence-electron chi connectivity index (χ4n) is 3.47. The van der Waals surface area contributed by atoms with E-state index in [1.54, 1.807) is 24.1 Å². The maximum Gasteiger partial charge on any atom is 0.321 e. The number of hydrogen-bond donors (Lipinski definition) is 2. The smallest absolute Gasteiger partial charge is 0.321 e. The molecule has 0 aliphatic carbocycles. The van der Waals surface area contributed by atoms with Gasteiger partial charge >= 0.3 is 12.0 Å². The summed E-state index contributed by atoms with van der Waals surface area (Å²) in [6, 6.07) is 6.07. The SMILES string of the molecule is CCCCN1C(=O)CC[C@H](C(=O)OCC(=O)NC(=O)NC)[C@@H]1c1ccc(OC)cc1. The fraction of sp³-hybridized carbons (Fsp3) is 0.524. The van der Waals surface area contributed by atoms with Gasteiger partial charge in [-0.3, -0.25) is 19.7 Å². The second kappa shape index (κ2) is 11.2. The summed E-state index contributed by atoms with van der Waals surface area (Å²) in [6.07, 6.45) is 2.29. The molecule has 0 radical (unpaired) electrons. The number of urea groups is 1. The molecule has 1 aromatic rings. The summed E-state index contributed by atoms with van der Waals surface area (Å²) in [6.45, 7) is 2.00. The molecule has 2 atom stereocenters. The third-order valence-electron chi connectivity index (χ3n) is 5.04. The summed E-state index contributed by atoms with van der Waals surface area (Å²) in [5.41, 5.74) is 0.803. The number of piperidine rings is 1. The van der Waals surface area contributed by atoms with Gasteiger partial charge in [-0.15, -0.1) is 0 Å². The molecule has 9 nitrogen and oxygen atoms in total. The van der Waals surface area contributed by atoms with E-state index in [-0.39, 0.29) is 12.3 Å². The van der Waals surface area contributed by atoms with Crippen LogP contribution in [0.1, 0.15) is 44.2 Å². The number of rotatable bonds is 8. The molecule has 0 bridgehead atoms. The lowest BCUT2D eigenvalue weighted by Crippen LogP contribution is -2.46. The molecule has 9 heteroatoms. The molecule has 1 saturated heterocycles. The van der Waals surface area contributed by atoms with Gasteiger partial charge in [0.1, 0.15) is 5.75 Å². The zero-order valence-electron chi connectivity index (χ0n) is 17.6. The van der Waals surface area contributed by atoms with Crippen molar-refractivity contribution < 1.29 is 28.7 Å². The van der Waals surface area contributed by atoms with Gasteiger partial charge in [0.05, 0.1) is 19.1 Å². The molecular weight excluding hydrogens is 390 g/mol. The number of ether oxygens (including phenoxy) is 2. The van der Waals surface area contributed by atoms with Crippen LogP contribution in [0.25, 0.3) is 0 Å². The number of carbonyl (C=O) groups is 4. The Morgan fingerprint density at radius 3 is 2.50 bits per heavy atom. The summed E-state index contributed by atoms with van der Waals surface area (Å²) in [7, 11) is 2.94. The van der Waals surface area contributed by atoms with Crippen molar-refractivity contribution in [3.63, 3.8) is 0 Å². The Morgan fingerprint density at radius 2 is 1.90 bits per heavy atom. The zero-order chi connectivity index (χ0) is 22.1. The van der Waals surface area contributed by atoms with Gasteiger partial charge in [0.25, 0.3) is 5.91 Å². The van der Waals surface area contributed by atoms with Crippen LogP contribution in [-0.4, -0.2) is 56.0 Å². The molecule has 4 amide bonds. The minimum absolute atomic E-state index is 0.00863. The maximum atomic E-state index is 12.8. The van der Waals surface area contributed by atoms with E-state index >= 15 is 0 Å². The monoisotopic (exact) mass is 419 g/mol. The third kappa shape index (κ3) is 5.95. The average molecular weight is 419 g/mol. The van der Waals surface area contributed by atoms with Crippen molar-refractivity contribution in [2.24, 2.45) is 5.92 Å². The topological polar surface area (TPSA) is 114 Å². The van der Waals surface area contributed by atoms with E-state index < -0.39 is 36.5 Å². The molecule has 1 heterocycles. The van der Waals surface area contributed by atoms with Gasteiger partial charge in [0, 0.05) is 20.0 Å². The number of imide groups is 1. The molecule has 0 saturated carbocycles. The molecule has 30 heavy (non-hydrogen) atoms. The van der Waals surface area contributed by atoms with Gasteiger partial charge < -0.3 is 19.7 Å². The molecule has 2 N–H and O–H groups in total. The van der Waals surface area contributed by atoms with Crippen LogP contribution in [0, 0.1) is 5.92 Å². The molecule has 1 aliphatic rings. The molecule has 0 unspecified atom stereocenters. The van der Waals surface area contributed by atoms with Crippen LogP contribution in [0.2, 0.25) is 0 Å². The lowest BCUT2D eigenvalue weighted by atomic mass is 9.84. The van der Waals surface area contributed by atoms with Crippen LogP contribution in [0.4, 0.5) is 4.79 Å². The number of amides is 4. The second-order valence-electron chi connectivity index (χ2n) is 7.04. The lowest BCUT2D eigenvalue weighted by Gasteiger charge is -2.40. The number of carbonyl (C=O) groups excluding carboxylic acids is 4. The minimum atomic E-state index is -0.724. The first-order valence-electron chi connectivity index (χ1n) is 10.0. The van der Waals surface area contributed by atoms with E-state index in [1.807, 2.05) is 24.4 Å². The Kier molecular flexibility index (Phi) is 8.64. The van der Waals surface area contributed by atoms with Crippen molar-refractivity contribution in [3.8, 4) is 5.75 Å². The largest absolute Gasteiger partial charge is 0.497 e. The van der Waals surface area contributed by atoms with Crippen molar-refractivity contribution in [3.05, 3.63) is 29.8 Å². The van der Waals surface area contributed by atoms with Crippen LogP contribution >= 0.6 is 0 Å². The van der Waals surface area contributed by atoms with Crippen LogP contribution in [0.5, 0.6) is 5.75 Å². The van der Waals surface area contributed by atoms with Crippen LogP contribution < -0.4 is 15.4 Å². The predicted molar refractivity (Wildman–Crippen MR) is 109 cm³/mol. The van der Waals surface area contributed by atoms with Gasteiger partial charge in [-0.25, -0.2) is 4.79 Å². The Bertz CT molecular complexity index is 765. The average Bonchev–Trinajstić information content (AvgIpc) is 2.76. The number of esters is 1. The van der Waals surface area contributed by atoms with Gasteiger partial charge in [-0.2, -0.15) is 0 Å². The quantitative estimate of drug-likeness (QED) is 0.621. The standard InChI is InChI=1S/C21H29N3O6/c1-4-5-12-24-18(26)11-10-16(19(24)14-6-8-15(29-3)9-7-14)20(27)30-13-17(25)23-21(28)22-2/h6-9,16,19H,4-5,10-13H2,1-3H3,(H2,22,23,25,28)/t16-,19-/m0/s1. The van der Waals surface area contributed by atoms with E-state index in [1.165, 1.54) is 7.05 Å². The molecule has 1 fully saturated rings. The highest BCUT2D eigenvalue weighted by atomic mass is 16.5. The Hall–Kier alpha value is -3.10. The number of nitrogens with zero attached hydrogens (tertiary/aromatic N) is 1. The number of likely N-dealkylation sites (tertiary alicyclic amines) is 1. The molecule has 0 aromatic heterocycles. The fourth-order valence-corrected chi connectivity index (χ4v) is 3.47. The molecule has 1 aromatic carbocycles. The van der Waals surface area contributed by atoms with Gasteiger partial charge in [-0.1, -0.05) is 25.5 Å². The molecule has 2 rings (SSSR count). The van der Waals surface area contributed by atoms with E-state index in [0.29, 0.717) is 18.7 Å². The molecule has 1 aliphatic heterocycles. The minimum Gasteiger partial charge on any atom is -0.497 e. The second-order valence-corrected chi connectivity index (χ2v) is 7.04. The van der Waals surface area contributed by atoms with Crippen molar-refractivity contribution in [2.75, 3.05) is 27.3 Å². The Morgan fingerprint density at radius 1 is 1.20 bits per heavy atom. The highest BCUT2D eigenvalue weighted by Crippen LogP contribution is 2.38. The van der Waals surface area contributed by atoms with Gasteiger partial charge in [0.15, 0.2) is 6.61 Å². The number of unbranched alkanes of at least 4 members (excludes halogenated alkanes) is 1. The zero-order valence-corrected chi connectivity index (χ0v) is 17.6. The van der Waals surface area contributed by atoms with E-state index in [4.69, 9.17) is 9.47 Å². The lowest BCUT2D eigenvalue weighted by molar-refractivity contribution is -0.159. The molecular formula is C21H29N3O6. The third-order valence-corrected chi connectivity index (χ3v) is 5.04. The van der Waals surface area contributed by atoms with Crippen molar-refractivity contribution in [1.29, 1.82) is 0 Å². The first kappa shape index (κ1) is 23.2. The molecule has 0 spiro atoms. The summed E-state index contributed by atoms with van der Waals surface area (Å²) in [5.74, 6) is -1.24. The van der Waals surface area contributed by atoms with E-state index in [0.717, 1.165) is 18.4 Å². The first-order valence-corrected chi connectivity index (χ1v) is 10.0. The summed E-state index contributed by atoms with van der Waals surface area (Å²) in [5, 5.41) is 4.29. The maximum absolute atomic E-state index is 12.8. The summed E-state index contributed by atoms with van der Waals surface area (Å²) >= 11 is 0. The number of methoxy groups -OCH3 is 1. The van der Waals surface area contributed by atoms with Gasteiger partial charge in [-0.05, 0) is 30.5 Å². The highest BCUT2D eigenvalue weighted by molar-refractivity contribution is 5.95. The van der Waals surface area contributed by atoms with Crippen molar-refractivity contribution in [2.45, 2.75) is 38.6 Å². The highest BCUT2D eigenvalue weighted by Gasteiger charge is 2.41. The van der Waals surface area contributed by atoms with Crippen LogP contribution in [0.3, 0.4) is 0 Å². The Labute approximate surface area is 176 Å². The van der Waals surface area contributed by atoms with Gasteiger partial charge in [0.2, 0.25) is 5.91 Å². The van der Waals surface area contributed by atoms with Crippen LogP contribution in [-0.2, 0) is 19.1 Å². The van der Waals surface area contributed by atoms with E-state index in [9.17, 15) is 19.2 Å². The van der Waals surface area contributed by atoms with E-state index in [2.05, 4.69) is 5.32 Å². The first-order chi connectivity index (χ1) is 14.4. The number of benzene rings is 1. The Balaban J connectivity index is 2.20. The summed E-state index contributed by atoms with van der Waals surface area (Å²) in [4.78, 5) is 50.1. The number of nitrogens with one attached hydrogen (secondary N) is 2. The van der Waals surface area contributed by atoms with Crippen molar-refractivity contribution >= 4 is 23.8 Å².